The Morgan fingerprint density at radius 3 is 2.29 bits per heavy atom. The Bertz CT molecular complexity index is 775. The van der Waals surface area contributed by atoms with Gasteiger partial charge in [-0.3, -0.25) is 9.10 Å². The second-order valence-corrected chi connectivity index (χ2v) is 8.04. The van der Waals surface area contributed by atoms with Crippen molar-refractivity contribution in [1.29, 1.82) is 0 Å². The van der Waals surface area contributed by atoms with Crippen LogP contribution in [-0.4, -0.2) is 33.7 Å². The van der Waals surface area contributed by atoms with Crippen molar-refractivity contribution in [2.45, 2.75) is 16.7 Å². The number of para-hydroxylation sites is 1. The third-order valence-electron chi connectivity index (χ3n) is 3.35. The first kappa shape index (κ1) is 18.4. The molecule has 0 unspecified atom stereocenters. The Kier molecular flexibility index (Phi) is 6.28. The summed E-state index contributed by atoms with van der Waals surface area (Å²) in [7, 11) is -2.07. The predicted molar refractivity (Wildman–Crippen MR) is 97.9 cm³/mol. The van der Waals surface area contributed by atoms with E-state index in [1.165, 1.54) is 23.1 Å². The summed E-state index contributed by atoms with van der Waals surface area (Å²) >= 11 is 1.37. The van der Waals surface area contributed by atoms with E-state index in [9.17, 15) is 13.2 Å². The standard InChI is InChI=1S/C17H20N2O3S2/c1-3-18-17(20)13-23-15-9-11-16(12-10-15)24(21,22)19(2)14-7-5-4-6-8-14/h4-12H,3,13H2,1-2H3,(H,18,20). The zero-order valence-electron chi connectivity index (χ0n) is 13.6. The van der Waals surface area contributed by atoms with Gasteiger partial charge in [0.15, 0.2) is 0 Å². The lowest BCUT2D eigenvalue weighted by molar-refractivity contribution is -0.118. The van der Waals surface area contributed by atoms with Gasteiger partial charge < -0.3 is 5.32 Å². The third-order valence-corrected chi connectivity index (χ3v) is 6.16. The highest BCUT2D eigenvalue weighted by atomic mass is 32.2. The lowest BCUT2D eigenvalue weighted by atomic mass is 10.3. The molecule has 2 aromatic rings. The monoisotopic (exact) mass is 364 g/mol. The fourth-order valence-corrected chi connectivity index (χ4v) is 3.96. The van der Waals surface area contributed by atoms with Crippen LogP contribution in [-0.2, 0) is 14.8 Å². The molecule has 0 fully saturated rings. The van der Waals surface area contributed by atoms with E-state index in [4.69, 9.17) is 0 Å². The third kappa shape index (κ3) is 4.52. The Morgan fingerprint density at radius 1 is 1.08 bits per heavy atom. The molecule has 128 valence electrons. The highest BCUT2D eigenvalue weighted by Gasteiger charge is 2.20. The normalized spacial score (nSPS) is 11.1. The molecular weight excluding hydrogens is 344 g/mol. The molecule has 1 N–H and O–H groups in total. The van der Waals surface area contributed by atoms with Crippen molar-refractivity contribution >= 4 is 33.4 Å². The van der Waals surface area contributed by atoms with E-state index in [1.54, 1.807) is 48.5 Å². The lowest BCUT2D eigenvalue weighted by Crippen LogP contribution is -2.26. The van der Waals surface area contributed by atoms with Gasteiger partial charge in [0, 0.05) is 18.5 Å². The minimum Gasteiger partial charge on any atom is -0.356 e. The van der Waals surface area contributed by atoms with Crippen LogP contribution >= 0.6 is 11.8 Å². The molecule has 0 aliphatic heterocycles. The first-order chi connectivity index (χ1) is 11.4. The average Bonchev–Trinajstić information content (AvgIpc) is 2.60. The molecule has 2 rings (SSSR count). The molecule has 2 aromatic carbocycles. The molecule has 0 saturated carbocycles. The summed E-state index contributed by atoms with van der Waals surface area (Å²) in [6.07, 6.45) is 0. The van der Waals surface area contributed by atoms with E-state index in [-0.39, 0.29) is 10.8 Å². The molecule has 0 aliphatic carbocycles. The van der Waals surface area contributed by atoms with E-state index in [2.05, 4.69) is 5.32 Å². The van der Waals surface area contributed by atoms with Gasteiger partial charge in [-0.25, -0.2) is 8.42 Å². The Labute approximate surface area is 147 Å². The van der Waals surface area contributed by atoms with Crippen molar-refractivity contribution in [3.8, 4) is 0 Å². The van der Waals surface area contributed by atoms with E-state index in [0.717, 1.165) is 4.90 Å². The zero-order valence-corrected chi connectivity index (χ0v) is 15.2. The Balaban J connectivity index is 2.10. The molecule has 0 saturated heterocycles. The highest BCUT2D eigenvalue weighted by molar-refractivity contribution is 8.00. The number of sulfonamides is 1. The smallest absolute Gasteiger partial charge is 0.264 e. The van der Waals surface area contributed by atoms with Crippen LogP contribution in [0.4, 0.5) is 5.69 Å². The van der Waals surface area contributed by atoms with Crippen molar-refractivity contribution in [3.05, 3.63) is 54.6 Å². The molecule has 0 heterocycles. The van der Waals surface area contributed by atoms with E-state index < -0.39 is 10.0 Å². The molecular formula is C17H20N2O3S2. The van der Waals surface area contributed by atoms with Crippen molar-refractivity contribution in [2.75, 3.05) is 23.7 Å². The van der Waals surface area contributed by atoms with Crippen molar-refractivity contribution in [3.63, 3.8) is 0 Å². The Morgan fingerprint density at radius 2 is 1.71 bits per heavy atom. The second kappa shape index (κ2) is 8.21. The van der Waals surface area contributed by atoms with Gasteiger partial charge in [0.25, 0.3) is 10.0 Å². The summed E-state index contributed by atoms with van der Waals surface area (Å²) in [5, 5.41) is 2.72. The maximum Gasteiger partial charge on any atom is 0.264 e. The van der Waals surface area contributed by atoms with Crippen LogP contribution in [0.5, 0.6) is 0 Å². The number of hydrogen-bond donors (Lipinski definition) is 1. The van der Waals surface area contributed by atoms with E-state index in [1.807, 2.05) is 13.0 Å². The number of hydrogen-bond acceptors (Lipinski definition) is 4. The van der Waals surface area contributed by atoms with Crippen molar-refractivity contribution < 1.29 is 13.2 Å². The molecule has 24 heavy (non-hydrogen) atoms. The molecule has 0 spiro atoms. The predicted octanol–water partition coefficient (Wildman–Crippen LogP) is 2.74. The number of amides is 1. The number of rotatable bonds is 7. The van der Waals surface area contributed by atoms with Gasteiger partial charge >= 0.3 is 0 Å². The van der Waals surface area contributed by atoms with E-state index in [0.29, 0.717) is 18.0 Å². The molecule has 5 nitrogen and oxygen atoms in total. The second-order valence-electron chi connectivity index (χ2n) is 5.02. The fraction of sp³-hybridized carbons (Fsp3) is 0.235. The molecule has 0 aliphatic rings. The summed E-state index contributed by atoms with van der Waals surface area (Å²) in [4.78, 5) is 12.5. The summed E-state index contributed by atoms with van der Waals surface area (Å²) in [6.45, 7) is 2.47. The average molecular weight is 364 g/mol. The SMILES string of the molecule is CCNC(=O)CSc1ccc(S(=O)(=O)N(C)c2ccccc2)cc1. The van der Waals surface area contributed by atoms with Gasteiger partial charge in [0.05, 0.1) is 16.3 Å². The van der Waals surface area contributed by atoms with Gasteiger partial charge in [0.1, 0.15) is 0 Å². The Hall–Kier alpha value is -1.99. The van der Waals surface area contributed by atoms with Gasteiger partial charge in [0.2, 0.25) is 5.91 Å². The van der Waals surface area contributed by atoms with Crippen LogP contribution in [0.25, 0.3) is 0 Å². The van der Waals surface area contributed by atoms with Crippen molar-refractivity contribution in [2.24, 2.45) is 0 Å². The summed E-state index contributed by atoms with van der Waals surface area (Å²) in [5.74, 6) is 0.270. The molecule has 1 amide bonds. The van der Waals surface area contributed by atoms with Crippen LogP contribution in [0, 0.1) is 0 Å². The van der Waals surface area contributed by atoms with Gasteiger partial charge in [-0.2, -0.15) is 0 Å². The number of benzene rings is 2. The van der Waals surface area contributed by atoms with Crippen LogP contribution in [0.2, 0.25) is 0 Å². The topological polar surface area (TPSA) is 66.5 Å². The maximum absolute atomic E-state index is 12.7. The summed E-state index contributed by atoms with van der Waals surface area (Å²) in [6, 6.07) is 15.5. The first-order valence-corrected chi connectivity index (χ1v) is 9.91. The maximum atomic E-state index is 12.7. The highest BCUT2D eigenvalue weighted by Crippen LogP contribution is 2.24. The molecule has 7 heteroatoms. The number of carbonyl (C=O) groups is 1. The van der Waals surface area contributed by atoms with Crippen molar-refractivity contribution in [1.82, 2.24) is 5.32 Å². The largest absolute Gasteiger partial charge is 0.356 e. The lowest BCUT2D eigenvalue weighted by Gasteiger charge is -2.19. The molecule has 0 atom stereocenters. The number of nitrogens with zero attached hydrogens (tertiary/aromatic N) is 1. The number of carbonyl (C=O) groups excluding carboxylic acids is 1. The van der Waals surface area contributed by atoms with Crippen LogP contribution < -0.4 is 9.62 Å². The minimum atomic E-state index is -3.60. The zero-order chi connectivity index (χ0) is 17.6. The summed E-state index contributed by atoms with van der Waals surface area (Å²) < 4.78 is 26.6. The van der Waals surface area contributed by atoms with Crippen LogP contribution in [0.15, 0.2) is 64.4 Å². The van der Waals surface area contributed by atoms with Crippen LogP contribution in [0.1, 0.15) is 6.92 Å². The van der Waals surface area contributed by atoms with Gasteiger partial charge in [-0.15, -0.1) is 11.8 Å². The van der Waals surface area contributed by atoms with E-state index >= 15 is 0 Å². The minimum absolute atomic E-state index is 0.0389. The van der Waals surface area contributed by atoms with Gasteiger partial charge in [-0.05, 0) is 43.3 Å². The summed E-state index contributed by atoms with van der Waals surface area (Å²) in [5.41, 5.74) is 0.604. The molecule has 0 aromatic heterocycles. The fourth-order valence-electron chi connectivity index (χ4n) is 2.04. The first-order valence-electron chi connectivity index (χ1n) is 7.48. The number of thioether (sulfide) groups is 1. The molecule has 0 bridgehead atoms. The number of nitrogens with one attached hydrogen (secondary N) is 1. The molecule has 0 radical (unpaired) electrons. The van der Waals surface area contributed by atoms with Crippen LogP contribution in [0.3, 0.4) is 0 Å². The quantitative estimate of drug-likeness (QED) is 0.767. The van der Waals surface area contributed by atoms with Gasteiger partial charge in [-0.1, -0.05) is 18.2 Å². The number of anilines is 1.